The molecule has 1 heteroatoms. The molecule has 0 aromatic rings. The summed E-state index contributed by atoms with van der Waals surface area (Å²) in [5.41, 5.74) is 0. The summed E-state index contributed by atoms with van der Waals surface area (Å²) in [6.07, 6.45) is 8.91. The van der Waals surface area contributed by atoms with Gasteiger partial charge in [-0.3, -0.25) is 0 Å². The fourth-order valence-electron chi connectivity index (χ4n) is 3.07. The van der Waals surface area contributed by atoms with Crippen molar-refractivity contribution in [3.8, 4) is 0 Å². The Hall–Kier alpha value is -0.300. The molecule has 0 aliphatic heterocycles. The van der Waals surface area contributed by atoms with E-state index in [-0.39, 0.29) is 0 Å². The summed E-state index contributed by atoms with van der Waals surface area (Å²) in [4.78, 5) is 0. The van der Waals surface area contributed by atoms with E-state index in [9.17, 15) is 0 Å². The molecule has 3 atom stereocenters. The predicted octanol–water partition coefficient (Wildman–Crippen LogP) is 4.25. The first-order valence-electron chi connectivity index (χ1n) is 7.45. The summed E-state index contributed by atoms with van der Waals surface area (Å²) < 4.78 is 0. The van der Waals surface area contributed by atoms with Gasteiger partial charge in [0.2, 0.25) is 0 Å². The molecule has 0 saturated heterocycles. The van der Waals surface area contributed by atoms with Crippen molar-refractivity contribution in [1.29, 1.82) is 0 Å². The zero-order chi connectivity index (χ0) is 12.7. The summed E-state index contributed by atoms with van der Waals surface area (Å²) in [6.45, 7) is 13.2. The average molecular weight is 237 g/mol. The van der Waals surface area contributed by atoms with Crippen LogP contribution in [-0.4, -0.2) is 13.1 Å². The Kier molecular flexibility index (Phi) is 6.87. The maximum absolute atomic E-state index is 3.86. The summed E-state index contributed by atoms with van der Waals surface area (Å²) >= 11 is 0. The third-order valence-corrected chi connectivity index (χ3v) is 4.10. The normalized spacial score (nSPS) is 29.5. The first-order valence-corrected chi connectivity index (χ1v) is 7.45. The number of rotatable bonds is 7. The van der Waals surface area contributed by atoms with Crippen LogP contribution in [0.5, 0.6) is 0 Å². The first-order chi connectivity index (χ1) is 8.13. The lowest BCUT2D eigenvalue weighted by Crippen LogP contribution is -2.34. The Morgan fingerprint density at radius 3 is 2.71 bits per heavy atom. The minimum atomic E-state index is 0.768. The topological polar surface area (TPSA) is 12.0 Å². The van der Waals surface area contributed by atoms with Crippen molar-refractivity contribution in [3.63, 3.8) is 0 Å². The van der Waals surface area contributed by atoms with Crippen LogP contribution in [0.15, 0.2) is 12.7 Å². The van der Waals surface area contributed by atoms with Gasteiger partial charge in [0.15, 0.2) is 0 Å². The molecular weight excluding hydrogens is 206 g/mol. The minimum absolute atomic E-state index is 0.768. The maximum atomic E-state index is 3.86. The Balaban J connectivity index is 2.34. The molecule has 1 fully saturated rings. The van der Waals surface area contributed by atoms with E-state index in [1.54, 1.807) is 0 Å². The highest BCUT2D eigenvalue weighted by Gasteiger charge is 2.27. The van der Waals surface area contributed by atoms with E-state index in [0.717, 1.165) is 23.7 Å². The van der Waals surface area contributed by atoms with E-state index in [4.69, 9.17) is 0 Å². The van der Waals surface area contributed by atoms with E-state index in [0.29, 0.717) is 0 Å². The Labute approximate surface area is 108 Å². The second-order valence-corrected chi connectivity index (χ2v) is 6.36. The molecule has 1 aliphatic carbocycles. The second kappa shape index (κ2) is 7.92. The van der Waals surface area contributed by atoms with Crippen molar-refractivity contribution in [2.75, 3.05) is 13.1 Å². The van der Waals surface area contributed by atoms with Crippen molar-refractivity contribution in [3.05, 3.63) is 12.7 Å². The van der Waals surface area contributed by atoms with Gasteiger partial charge in [0.25, 0.3) is 0 Å². The van der Waals surface area contributed by atoms with Gasteiger partial charge in [0.1, 0.15) is 0 Å². The van der Waals surface area contributed by atoms with Crippen molar-refractivity contribution < 1.29 is 0 Å². The van der Waals surface area contributed by atoms with Gasteiger partial charge in [-0.2, -0.15) is 0 Å². The molecule has 1 N–H and O–H groups in total. The van der Waals surface area contributed by atoms with Crippen LogP contribution in [0.25, 0.3) is 0 Å². The van der Waals surface area contributed by atoms with Gasteiger partial charge in [-0.15, -0.1) is 6.58 Å². The van der Waals surface area contributed by atoms with E-state index >= 15 is 0 Å². The van der Waals surface area contributed by atoms with E-state index in [1.807, 2.05) is 0 Å². The molecule has 1 aliphatic rings. The summed E-state index contributed by atoms with van der Waals surface area (Å²) in [5.74, 6) is 3.54. The summed E-state index contributed by atoms with van der Waals surface area (Å²) in [6, 6.07) is 0. The molecular formula is C16H31N. The van der Waals surface area contributed by atoms with Crippen LogP contribution < -0.4 is 5.32 Å². The third kappa shape index (κ3) is 5.72. The zero-order valence-corrected chi connectivity index (χ0v) is 12.0. The fourth-order valence-corrected chi connectivity index (χ4v) is 3.07. The molecule has 0 spiro atoms. The quantitative estimate of drug-likeness (QED) is 0.653. The molecule has 0 bridgehead atoms. The van der Waals surface area contributed by atoms with Crippen LogP contribution in [0.1, 0.15) is 52.9 Å². The van der Waals surface area contributed by atoms with Gasteiger partial charge in [-0.25, -0.2) is 0 Å². The lowest BCUT2D eigenvalue weighted by Gasteiger charge is -2.35. The standard InChI is InChI=1S/C16H31N/c1-5-6-7-15-10-14(4)8-9-16(15)12-17-11-13(2)3/h5,13-17H,1,6-12H2,2-4H3. The molecule has 1 nitrogen and oxygen atoms in total. The molecule has 0 heterocycles. The number of nitrogens with one attached hydrogen (secondary N) is 1. The van der Waals surface area contributed by atoms with Crippen LogP contribution in [-0.2, 0) is 0 Å². The SMILES string of the molecule is C=CCCC1CC(C)CCC1CNCC(C)C. The van der Waals surface area contributed by atoms with Crippen molar-refractivity contribution in [1.82, 2.24) is 5.32 Å². The molecule has 0 aromatic heterocycles. The summed E-state index contributed by atoms with van der Waals surface area (Å²) in [5, 5.41) is 3.65. The lowest BCUT2D eigenvalue weighted by molar-refractivity contribution is 0.175. The highest BCUT2D eigenvalue weighted by Crippen LogP contribution is 2.36. The molecule has 1 rings (SSSR count). The van der Waals surface area contributed by atoms with Crippen LogP contribution >= 0.6 is 0 Å². The number of hydrogen-bond donors (Lipinski definition) is 1. The van der Waals surface area contributed by atoms with Crippen LogP contribution in [0.4, 0.5) is 0 Å². The van der Waals surface area contributed by atoms with E-state index in [1.165, 1.54) is 45.2 Å². The zero-order valence-electron chi connectivity index (χ0n) is 12.0. The van der Waals surface area contributed by atoms with Crippen LogP contribution in [0, 0.1) is 23.7 Å². The van der Waals surface area contributed by atoms with E-state index < -0.39 is 0 Å². The van der Waals surface area contributed by atoms with Gasteiger partial charge >= 0.3 is 0 Å². The number of allylic oxidation sites excluding steroid dienone is 1. The van der Waals surface area contributed by atoms with Crippen LogP contribution in [0.2, 0.25) is 0 Å². The molecule has 1 saturated carbocycles. The highest BCUT2D eigenvalue weighted by molar-refractivity contribution is 4.82. The smallest absolute Gasteiger partial charge is 0.00178 e. The average Bonchev–Trinajstić information content (AvgIpc) is 2.28. The highest BCUT2D eigenvalue weighted by atomic mass is 14.9. The number of hydrogen-bond acceptors (Lipinski definition) is 1. The van der Waals surface area contributed by atoms with Crippen molar-refractivity contribution >= 4 is 0 Å². The molecule has 100 valence electrons. The minimum Gasteiger partial charge on any atom is -0.316 e. The monoisotopic (exact) mass is 237 g/mol. The lowest BCUT2D eigenvalue weighted by atomic mass is 9.72. The Bertz CT molecular complexity index is 210. The summed E-state index contributed by atoms with van der Waals surface area (Å²) in [7, 11) is 0. The first kappa shape index (κ1) is 14.8. The second-order valence-electron chi connectivity index (χ2n) is 6.36. The molecule has 3 unspecified atom stereocenters. The molecule has 0 radical (unpaired) electrons. The largest absolute Gasteiger partial charge is 0.316 e. The van der Waals surface area contributed by atoms with Crippen LogP contribution in [0.3, 0.4) is 0 Å². The third-order valence-electron chi connectivity index (χ3n) is 4.10. The molecule has 17 heavy (non-hydrogen) atoms. The van der Waals surface area contributed by atoms with E-state index in [2.05, 4.69) is 38.7 Å². The van der Waals surface area contributed by atoms with Gasteiger partial charge in [0.05, 0.1) is 0 Å². The maximum Gasteiger partial charge on any atom is -0.00178 e. The fraction of sp³-hybridized carbons (Fsp3) is 0.875. The Morgan fingerprint density at radius 2 is 2.06 bits per heavy atom. The van der Waals surface area contributed by atoms with Crippen molar-refractivity contribution in [2.45, 2.75) is 52.9 Å². The van der Waals surface area contributed by atoms with Gasteiger partial charge in [0, 0.05) is 0 Å². The molecule has 0 amide bonds. The Morgan fingerprint density at radius 1 is 1.29 bits per heavy atom. The predicted molar refractivity (Wildman–Crippen MR) is 77.1 cm³/mol. The molecule has 0 aromatic carbocycles. The van der Waals surface area contributed by atoms with Crippen molar-refractivity contribution in [2.24, 2.45) is 23.7 Å². The van der Waals surface area contributed by atoms with Gasteiger partial charge in [-0.1, -0.05) is 33.3 Å². The van der Waals surface area contributed by atoms with Gasteiger partial charge < -0.3 is 5.32 Å². The van der Waals surface area contributed by atoms with Gasteiger partial charge in [-0.05, 0) is 62.4 Å².